The van der Waals surface area contributed by atoms with Crippen molar-refractivity contribution >= 4 is 15.9 Å². The lowest BCUT2D eigenvalue weighted by Gasteiger charge is -2.30. The van der Waals surface area contributed by atoms with Gasteiger partial charge in [0.25, 0.3) is 0 Å². The molecule has 0 aliphatic carbocycles. The molecule has 2 N–H and O–H groups in total. The van der Waals surface area contributed by atoms with Crippen LogP contribution in [0.4, 0.5) is 4.39 Å². The average Bonchev–Trinajstić information content (AvgIpc) is 2.14. The lowest BCUT2D eigenvalue weighted by Crippen LogP contribution is -2.38. The molecule has 1 aromatic carbocycles. The highest BCUT2D eigenvalue weighted by Gasteiger charge is 2.25. The quantitative estimate of drug-likeness (QED) is 0.926. The van der Waals surface area contributed by atoms with Crippen molar-refractivity contribution in [2.24, 2.45) is 11.1 Å². The summed E-state index contributed by atoms with van der Waals surface area (Å²) in [4.78, 5) is 0. The van der Waals surface area contributed by atoms with E-state index in [0.717, 1.165) is 0 Å². The lowest BCUT2D eigenvalue weighted by atomic mass is 9.89. The van der Waals surface area contributed by atoms with E-state index in [-0.39, 0.29) is 23.1 Å². The Labute approximate surface area is 104 Å². The monoisotopic (exact) mass is 289 g/mol. The van der Waals surface area contributed by atoms with E-state index in [4.69, 9.17) is 10.5 Å². The molecule has 0 amide bonds. The molecule has 0 saturated heterocycles. The van der Waals surface area contributed by atoms with Crippen molar-refractivity contribution in [2.45, 2.75) is 26.9 Å². The van der Waals surface area contributed by atoms with Crippen LogP contribution in [-0.2, 0) is 0 Å². The second kappa shape index (κ2) is 5.15. The van der Waals surface area contributed by atoms with E-state index in [1.54, 1.807) is 12.1 Å². The van der Waals surface area contributed by atoms with Crippen LogP contribution in [0.3, 0.4) is 0 Å². The molecular weight excluding hydrogens is 273 g/mol. The van der Waals surface area contributed by atoms with Crippen molar-refractivity contribution in [3.63, 3.8) is 0 Å². The summed E-state index contributed by atoms with van der Waals surface area (Å²) in [5.74, 6) is -0.134. The normalized spacial score (nSPS) is 13.6. The minimum absolute atomic E-state index is 0.117. The van der Waals surface area contributed by atoms with Gasteiger partial charge in [-0.2, -0.15) is 0 Å². The summed E-state index contributed by atoms with van der Waals surface area (Å²) < 4.78 is 19.8. The van der Waals surface area contributed by atoms with Crippen molar-refractivity contribution < 1.29 is 9.13 Å². The van der Waals surface area contributed by atoms with E-state index in [1.165, 1.54) is 6.07 Å². The molecule has 0 heterocycles. The Hall–Kier alpha value is -0.610. The fourth-order valence-corrected chi connectivity index (χ4v) is 1.64. The molecule has 0 radical (unpaired) electrons. The highest BCUT2D eigenvalue weighted by Crippen LogP contribution is 2.27. The number of nitrogens with two attached hydrogens (primary N) is 1. The predicted octanol–water partition coefficient (Wildman–Crippen LogP) is 3.34. The van der Waals surface area contributed by atoms with Crippen LogP contribution in [0.2, 0.25) is 0 Å². The summed E-state index contributed by atoms with van der Waals surface area (Å²) in [6, 6.07) is 4.73. The fourth-order valence-electron chi connectivity index (χ4n) is 1.30. The van der Waals surface area contributed by atoms with Gasteiger partial charge in [-0.15, -0.1) is 0 Å². The van der Waals surface area contributed by atoms with Gasteiger partial charge in [0.05, 0.1) is 0 Å². The molecule has 0 saturated carbocycles. The van der Waals surface area contributed by atoms with Gasteiger partial charge >= 0.3 is 0 Å². The van der Waals surface area contributed by atoms with Gasteiger partial charge < -0.3 is 10.5 Å². The Morgan fingerprint density at radius 1 is 1.44 bits per heavy atom. The zero-order valence-electron chi connectivity index (χ0n) is 9.76. The molecule has 1 rings (SSSR count). The van der Waals surface area contributed by atoms with Gasteiger partial charge in [-0.1, -0.05) is 36.7 Å². The summed E-state index contributed by atoms with van der Waals surface area (Å²) in [5.41, 5.74) is 5.51. The molecule has 0 aliphatic heterocycles. The van der Waals surface area contributed by atoms with E-state index in [0.29, 0.717) is 11.0 Å². The fraction of sp³-hybridized carbons (Fsp3) is 0.500. The van der Waals surface area contributed by atoms with Crippen LogP contribution in [-0.4, -0.2) is 12.6 Å². The number of benzene rings is 1. The SMILES string of the molecule is CC(C)(C)C(CN)Oc1ccc(Br)cc1F. The number of hydrogen-bond donors (Lipinski definition) is 1. The van der Waals surface area contributed by atoms with Crippen LogP contribution in [0, 0.1) is 11.2 Å². The Kier molecular flexibility index (Phi) is 4.33. The van der Waals surface area contributed by atoms with Crippen LogP contribution in [0.25, 0.3) is 0 Å². The summed E-state index contributed by atoms with van der Waals surface area (Å²) in [6.07, 6.45) is -0.205. The summed E-state index contributed by atoms with van der Waals surface area (Å²) >= 11 is 3.20. The lowest BCUT2D eigenvalue weighted by molar-refractivity contribution is 0.0899. The highest BCUT2D eigenvalue weighted by molar-refractivity contribution is 9.10. The predicted molar refractivity (Wildman–Crippen MR) is 67.0 cm³/mol. The maximum atomic E-state index is 13.5. The van der Waals surface area contributed by atoms with Crippen LogP contribution in [0.15, 0.2) is 22.7 Å². The van der Waals surface area contributed by atoms with Crippen molar-refractivity contribution in [1.29, 1.82) is 0 Å². The maximum Gasteiger partial charge on any atom is 0.166 e. The van der Waals surface area contributed by atoms with E-state index < -0.39 is 0 Å². The maximum absolute atomic E-state index is 13.5. The first kappa shape index (κ1) is 13.5. The Morgan fingerprint density at radius 2 is 2.06 bits per heavy atom. The number of rotatable bonds is 3. The number of ether oxygens (including phenoxy) is 1. The van der Waals surface area contributed by atoms with Crippen molar-refractivity contribution in [3.05, 3.63) is 28.5 Å². The van der Waals surface area contributed by atoms with Gasteiger partial charge in [-0.05, 0) is 18.2 Å². The zero-order valence-corrected chi connectivity index (χ0v) is 11.3. The topological polar surface area (TPSA) is 35.2 Å². The smallest absolute Gasteiger partial charge is 0.166 e. The van der Waals surface area contributed by atoms with E-state index in [2.05, 4.69) is 15.9 Å². The van der Waals surface area contributed by atoms with Crippen LogP contribution in [0.5, 0.6) is 5.75 Å². The molecule has 1 atom stereocenters. The average molecular weight is 290 g/mol. The number of halogens is 2. The van der Waals surface area contributed by atoms with Crippen molar-refractivity contribution in [3.8, 4) is 5.75 Å². The van der Waals surface area contributed by atoms with Gasteiger partial charge in [0.2, 0.25) is 0 Å². The van der Waals surface area contributed by atoms with Gasteiger partial charge in [-0.25, -0.2) is 4.39 Å². The molecule has 4 heteroatoms. The minimum atomic E-state index is -0.378. The first-order valence-electron chi connectivity index (χ1n) is 5.16. The Bertz CT molecular complexity index is 363. The third-order valence-corrected chi connectivity index (χ3v) is 2.84. The summed E-state index contributed by atoms with van der Waals surface area (Å²) in [7, 11) is 0. The van der Waals surface area contributed by atoms with E-state index >= 15 is 0 Å². The standard InChI is InChI=1S/C12H17BrFNO/c1-12(2,3)11(7-15)16-10-5-4-8(13)6-9(10)14/h4-6,11H,7,15H2,1-3H3. The molecule has 0 bridgehead atoms. The Morgan fingerprint density at radius 3 is 2.50 bits per heavy atom. The molecule has 0 aromatic heterocycles. The van der Waals surface area contributed by atoms with Gasteiger partial charge in [0, 0.05) is 16.4 Å². The molecular formula is C12H17BrFNO. The second-order valence-electron chi connectivity index (χ2n) is 4.78. The second-order valence-corrected chi connectivity index (χ2v) is 5.70. The zero-order chi connectivity index (χ0) is 12.3. The molecule has 16 heavy (non-hydrogen) atoms. The molecule has 0 spiro atoms. The van der Waals surface area contributed by atoms with Gasteiger partial charge in [-0.3, -0.25) is 0 Å². The molecule has 0 fully saturated rings. The molecule has 0 aliphatic rings. The van der Waals surface area contributed by atoms with E-state index in [1.807, 2.05) is 20.8 Å². The Balaban J connectivity index is 2.86. The minimum Gasteiger partial charge on any atom is -0.485 e. The summed E-state index contributed by atoms with van der Waals surface area (Å²) in [5, 5.41) is 0. The molecule has 90 valence electrons. The third-order valence-electron chi connectivity index (χ3n) is 2.34. The van der Waals surface area contributed by atoms with Crippen molar-refractivity contribution in [1.82, 2.24) is 0 Å². The van der Waals surface area contributed by atoms with Gasteiger partial charge in [0.1, 0.15) is 6.10 Å². The van der Waals surface area contributed by atoms with Gasteiger partial charge in [0.15, 0.2) is 11.6 Å². The number of hydrogen-bond acceptors (Lipinski definition) is 2. The van der Waals surface area contributed by atoms with Crippen molar-refractivity contribution in [2.75, 3.05) is 6.54 Å². The largest absolute Gasteiger partial charge is 0.485 e. The molecule has 1 aromatic rings. The van der Waals surface area contributed by atoms with Crippen LogP contribution in [0.1, 0.15) is 20.8 Å². The van der Waals surface area contributed by atoms with Crippen LogP contribution < -0.4 is 10.5 Å². The molecule has 1 unspecified atom stereocenters. The van der Waals surface area contributed by atoms with Crippen LogP contribution >= 0.6 is 15.9 Å². The third kappa shape index (κ3) is 3.46. The highest BCUT2D eigenvalue weighted by atomic mass is 79.9. The van der Waals surface area contributed by atoms with E-state index in [9.17, 15) is 4.39 Å². The first-order valence-corrected chi connectivity index (χ1v) is 5.95. The first-order chi connectivity index (χ1) is 7.34. The summed E-state index contributed by atoms with van der Waals surface area (Å²) in [6.45, 7) is 6.41. The molecule has 2 nitrogen and oxygen atoms in total.